The average molecular weight is 360 g/mol. The molecule has 8 heteroatoms. The third-order valence-corrected chi connectivity index (χ3v) is 4.29. The van der Waals surface area contributed by atoms with Crippen molar-refractivity contribution in [1.82, 2.24) is 9.97 Å². The zero-order chi connectivity index (χ0) is 18.5. The van der Waals surface area contributed by atoms with Crippen LogP contribution in [0, 0.1) is 0 Å². The van der Waals surface area contributed by atoms with Crippen LogP contribution in [0.4, 0.5) is 20.4 Å². The molecule has 6 nitrogen and oxygen atoms in total. The lowest BCUT2D eigenvalue weighted by Crippen LogP contribution is -2.30. The average Bonchev–Trinajstić information content (AvgIpc) is 3.31. The Kier molecular flexibility index (Phi) is 5.50. The van der Waals surface area contributed by atoms with E-state index in [4.69, 9.17) is 0 Å². The van der Waals surface area contributed by atoms with Crippen LogP contribution in [-0.2, 0) is 22.4 Å². The van der Waals surface area contributed by atoms with Crippen LogP contribution >= 0.6 is 0 Å². The Bertz CT molecular complexity index is 748. The van der Waals surface area contributed by atoms with Gasteiger partial charge in [-0.15, -0.1) is 0 Å². The maximum atomic E-state index is 12.1. The summed E-state index contributed by atoms with van der Waals surface area (Å²) >= 11 is 0. The third kappa shape index (κ3) is 3.54. The number of hydrogen-bond donors (Lipinski definition) is 0. The first-order chi connectivity index (χ1) is 12.7. The molecule has 0 atom stereocenters. The van der Waals surface area contributed by atoms with Crippen molar-refractivity contribution in [2.75, 3.05) is 36.2 Å². The van der Waals surface area contributed by atoms with Gasteiger partial charge in [0, 0.05) is 25.5 Å². The number of alkyl halides is 2. The van der Waals surface area contributed by atoms with Crippen molar-refractivity contribution in [3.05, 3.63) is 47.8 Å². The first-order valence-electron chi connectivity index (χ1n) is 8.26. The number of carbonyl (C=O) groups excluding carboxylic acids is 2. The molecule has 0 spiro atoms. The van der Waals surface area contributed by atoms with Gasteiger partial charge in [0.05, 0.1) is 0 Å². The van der Waals surface area contributed by atoms with E-state index < -0.39 is 25.2 Å². The van der Waals surface area contributed by atoms with Crippen molar-refractivity contribution in [2.45, 2.75) is 12.8 Å². The van der Waals surface area contributed by atoms with Crippen LogP contribution in [0.5, 0.6) is 0 Å². The van der Waals surface area contributed by atoms with E-state index in [0.717, 1.165) is 24.0 Å². The lowest BCUT2D eigenvalue weighted by Gasteiger charge is -2.13. The maximum absolute atomic E-state index is 12.1. The summed E-state index contributed by atoms with van der Waals surface area (Å²) in [7, 11) is 0. The molecule has 0 aromatic carbocycles. The Labute approximate surface area is 149 Å². The fourth-order valence-corrected chi connectivity index (χ4v) is 3.04. The monoisotopic (exact) mass is 360 g/mol. The topological polar surface area (TPSA) is 66.4 Å². The summed E-state index contributed by atoms with van der Waals surface area (Å²) < 4.78 is 24.2. The van der Waals surface area contributed by atoms with Crippen molar-refractivity contribution in [3.8, 4) is 0 Å². The number of pyridine rings is 2. The van der Waals surface area contributed by atoms with Crippen LogP contribution in [0.15, 0.2) is 36.7 Å². The van der Waals surface area contributed by atoms with E-state index in [2.05, 4.69) is 9.97 Å². The third-order valence-electron chi connectivity index (χ3n) is 4.29. The molecule has 2 aliphatic heterocycles. The van der Waals surface area contributed by atoms with E-state index in [9.17, 15) is 18.4 Å². The van der Waals surface area contributed by atoms with Crippen LogP contribution < -0.4 is 9.80 Å². The molecular weight excluding hydrogens is 342 g/mol. The van der Waals surface area contributed by atoms with Gasteiger partial charge in [0.25, 0.3) is 11.8 Å². The summed E-state index contributed by atoms with van der Waals surface area (Å²) in [5.74, 6) is 0.227. The van der Waals surface area contributed by atoms with Gasteiger partial charge in [-0.1, -0.05) is 12.1 Å². The van der Waals surface area contributed by atoms with Crippen LogP contribution in [0.3, 0.4) is 0 Å². The molecule has 2 amide bonds. The quantitative estimate of drug-likeness (QED) is 0.820. The molecule has 0 aliphatic carbocycles. The normalized spacial score (nSPS) is 14.4. The van der Waals surface area contributed by atoms with Crippen molar-refractivity contribution in [1.29, 1.82) is 0 Å². The summed E-state index contributed by atoms with van der Waals surface area (Å²) in [5, 5.41) is 0. The fraction of sp³-hybridized carbons (Fsp3) is 0.333. The van der Waals surface area contributed by atoms with Crippen molar-refractivity contribution in [3.63, 3.8) is 0 Å². The van der Waals surface area contributed by atoms with Gasteiger partial charge >= 0.3 is 0 Å². The summed E-state index contributed by atoms with van der Waals surface area (Å²) in [4.78, 5) is 33.1. The highest BCUT2D eigenvalue weighted by Gasteiger charge is 2.25. The van der Waals surface area contributed by atoms with Gasteiger partial charge in [0.15, 0.2) is 13.3 Å². The first kappa shape index (κ1) is 17.9. The van der Waals surface area contributed by atoms with E-state index in [1.807, 2.05) is 24.3 Å². The summed E-state index contributed by atoms with van der Waals surface area (Å²) in [6.45, 7) is -0.795. The number of hydrogen-bond acceptors (Lipinski definition) is 4. The molecule has 26 heavy (non-hydrogen) atoms. The molecule has 0 fully saturated rings. The Morgan fingerprint density at radius 1 is 0.846 bits per heavy atom. The van der Waals surface area contributed by atoms with Crippen LogP contribution in [-0.4, -0.2) is 48.2 Å². The highest BCUT2D eigenvalue weighted by atomic mass is 19.1. The highest BCUT2D eigenvalue weighted by molar-refractivity contribution is 5.95. The van der Waals surface area contributed by atoms with Crippen molar-refractivity contribution in [2.24, 2.45) is 0 Å². The van der Waals surface area contributed by atoms with E-state index in [1.165, 1.54) is 9.80 Å². The molecule has 136 valence electrons. The molecule has 0 saturated carbocycles. The van der Waals surface area contributed by atoms with Crippen molar-refractivity contribution >= 4 is 23.5 Å². The van der Waals surface area contributed by atoms with Gasteiger partial charge in [-0.05, 0) is 36.1 Å². The van der Waals surface area contributed by atoms with Crippen molar-refractivity contribution < 1.29 is 18.4 Å². The summed E-state index contributed by atoms with van der Waals surface area (Å²) in [6.07, 6.45) is 4.77. The predicted molar refractivity (Wildman–Crippen MR) is 92.5 cm³/mol. The smallest absolute Gasteiger partial charge is 0.259 e. The van der Waals surface area contributed by atoms with Gasteiger partial charge in [-0.2, -0.15) is 0 Å². The Morgan fingerprint density at radius 2 is 1.27 bits per heavy atom. The molecule has 2 aromatic heterocycles. The maximum Gasteiger partial charge on any atom is 0.259 e. The number of halogens is 2. The number of amides is 2. The van der Waals surface area contributed by atoms with E-state index in [1.54, 1.807) is 12.4 Å². The summed E-state index contributed by atoms with van der Waals surface area (Å²) in [5.41, 5.74) is 2.04. The van der Waals surface area contributed by atoms with Gasteiger partial charge < -0.3 is 0 Å². The Balaban J connectivity index is 0.000000151. The number of anilines is 2. The molecule has 0 N–H and O–H groups in total. The Morgan fingerprint density at radius 3 is 1.65 bits per heavy atom. The second kappa shape index (κ2) is 7.99. The Hall–Kier alpha value is -2.90. The molecule has 2 aliphatic rings. The highest BCUT2D eigenvalue weighted by Crippen LogP contribution is 2.25. The molecule has 0 bridgehead atoms. The lowest BCUT2D eigenvalue weighted by molar-refractivity contribution is -0.120. The molecular formula is C18H18F2N4O2. The fourth-order valence-electron chi connectivity index (χ4n) is 3.04. The number of fused-ring (bicyclic) bond motifs is 2. The standard InChI is InChI=1S/2C9H9FN2O/c2*10-6-8(13)12-5-3-7-2-1-4-11-9(7)12/h2*1-2,4H,3,5-6H2. The number of nitrogens with zero attached hydrogens (tertiary/aromatic N) is 4. The molecule has 2 aromatic rings. The SMILES string of the molecule is O=C(CF)N1CCc2cccnc21.O=C(CF)N1CCc2cccnc21. The first-order valence-corrected chi connectivity index (χ1v) is 8.26. The zero-order valence-electron chi connectivity index (χ0n) is 14.1. The van der Waals surface area contributed by atoms with E-state index >= 15 is 0 Å². The number of carbonyl (C=O) groups is 2. The predicted octanol–water partition coefficient (Wildman–Crippen LogP) is 1.88. The minimum atomic E-state index is -0.948. The van der Waals surface area contributed by atoms with Crippen LogP contribution in [0.25, 0.3) is 0 Å². The molecule has 4 heterocycles. The van der Waals surface area contributed by atoms with E-state index in [0.29, 0.717) is 24.7 Å². The van der Waals surface area contributed by atoms with Gasteiger partial charge in [-0.25, -0.2) is 18.7 Å². The second-order valence-electron chi connectivity index (χ2n) is 5.83. The minimum Gasteiger partial charge on any atom is -0.294 e. The molecule has 0 radical (unpaired) electrons. The molecule has 0 saturated heterocycles. The zero-order valence-corrected chi connectivity index (χ0v) is 14.1. The molecule has 0 unspecified atom stereocenters. The lowest BCUT2D eigenvalue weighted by atomic mass is 10.2. The number of aromatic nitrogens is 2. The van der Waals surface area contributed by atoms with Gasteiger partial charge in [-0.3, -0.25) is 19.4 Å². The minimum absolute atomic E-state index is 0.502. The van der Waals surface area contributed by atoms with Gasteiger partial charge in [0.2, 0.25) is 0 Å². The van der Waals surface area contributed by atoms with E-state index in [-0.39, 0.29) is 0 Å². The van der Waals surface area contributed by atoms with Crippen LogP contribution in [0.2, 0.25) is 0 Å². The van der Waals surface area contributed by atoms with Crippen LogP contribution in [0.1, 0.15) is 11.1 Å². The summed E-state index contributed by atoms with van der Waals surface area (Å²) in [6, 6.07) is 7.46. The number of rotatable bonds is 2. The largest absolute Gasteiger partial charge is 0.294 e. The second-order valence-corrected chi connectivity index (χ2v) is 5.83. The van der Waals surface area contributed by atoms with Gasteiger partial charge in [0.1, 0.15) is 11.6 Å². The molecule has 4 rings (SSSR count).